The van der Waals surface area contributed by atoms with Crippen molar-refractivity contribution in [2.75, 3.05) is 18.7 Å². The van der Waals surface area contributed by atoms with E-state index in [1.807, 2.05) is 13.8 Å². The highest BCUT2D eigenvalue weighted by Gasteiger charge is 2.22. The maximum atomic E-state index is 13.7. The molecule has 1 unspecified atom stereocenters. The van der Waals surface area contributed by atoms with E-state index in [1.54, 1.807) is 18.4 Å². The molecular weight excluding hydrogens is 307 g/mol. The third-order valence-electron chi connectivity index (χ3n) is 2.92. The molecule has 0 bridgehead atoms. The number of amides is 2. The van der Waals surface area contributed by atoms with Gasteiger partial charge >= 0.3 is 6.09 Å². The van der Waals surface area contributed by atoms with E-state index in [2.05, 4.69) is 15.4 Å². The average molecular weight is 328 g/mol. The zero-order chi connectivity index (χ0) is 16.7. The molecule has 7 heteroatoms. The quantitative estimate of drug-likeness (QED) is 0.787. The smallest absolute Gasteiger partial charge is 0.407 e. The van der Waals surface area contributed by atoms with Gasteiger partial charge in [0.25, 0.3) is 0 Å². The third-order valence-corrected chi connectivity index (χ3v) is 3.69. The van der Waals surface area contributed by atoms with Gasteiger partial charge in [0, 0.05) is 10.6 Å². The first-order valence-corrected chi connectivity index (χ1v) is 8.08. The van der Waals surface area contributed by atoms with Crippen LogP contribution < -0.4 is 10.6 Å². The SMILES string of the molecule is COC(=O)NC(CC(C)C)C(=O)Nc1ccc(SC)c(F)c1. The van der Waals surface area contributed by atoms with E-state index < -0.39 is 23.9 Å². The summed E-state index contributed by atoms with van der Waals surface area (Å²) in [7, 11) is 1.23. The Morgan fingerprint density at radius 1 is 1.36 bits per heavy atom. The van der Waals surface area contributed by atoms with E-state index in [0.29, 0.717) is 17.0 Å². The molecule has 5 nitrogen and oxygen atoms in total. The molecule has 22 heavy (non-hydrogen) atoms. The Morgan fingerprint density at radius 3 is 2.55 bits per heavy atom. The second-order valence-corrected chi connectivity index (χ2v) is 6.00. The van der Waals surface area contributed by atoms with Crippen LogP contribution in [0.3, 0.4) is 0 Å². The van der Waals surface area contributed by atoms with Crippen LogP contribution in [0.25, 0.3) is 0 Å². The summed E-state index contributed by atoms with van der Waals surface area (Å²) in [5.74, 6) is -0.606. The molecule has 122 valence electrons. The Kier molecular flexibility index (Phi) is 7.17. The molecule has 2 N–H and O–H groups in total. The lowest BCUT2D eigenvalue weighted by atomic mass is 10.0. The zero-order valence-corrected chi connectivity index (χ0v) is 13.9. The fraction of sp³-hybridized carbons (Fsp3) is 0.467. The van der Waals surface area contributed by atoms with Gasteiger partial charge in [0.2, 0.25) is 5.91 Å². The number of hydrogen-bond donors (Lipinski definition) is 2. The Morgan fingerprint density at radius 2 is 2.05 bits per heavy atom. The number of anilines is 1. The molecule has 0 aliphatic heterocycles. The van der Waals surface area contributed by atoms with E-state index in [0.717, 1.165) is 0 Å². The normalized spacial score (nSPS) is 11.9. The zero-order valence-electron chi connectivity index (χ0n) is 13.1. The second-order valence-electron chi connectivity index (χ2n) is 5.16. The van der Waals surface area contributed by atoms with E-state index in [-0.39, 0.29) is 5.92 Å². The number of thioether (sulfide) groups is 1. The van der Waals surface area contributed by atoms with Crippen molar-refractivity contribution in [3.8, 4) is 0 Å². The van der Waals surface area contributed by atoms with Gasteiger partial charge in [-0.1, -0.05) is 13.8 Å². The Labute approximate surface area is 134 Å². The molecule has 0 spiro atoms. The Balaban J connectivity index is 2.81. The molecule has 0 aliphatic carbocycles. The molecule has 0 aliphatic rings. The molecular formula is C15H21FN2O3S. The number of nitrogens with one attached hydrogen (secondary N) is 2. The number of rotatable bonds is 6. The van der Waals surface area contributed by atoms with E-state index >= 15 is 0 Å². The van der Waals surface area contributed by atoms with Crippen molar-refractivity contribution >= 4 is 29.4 Å². The lowest BCUT2D eigenvalue weighted by Crippen LogP contribution is -2.44. The number of carbonyl (C=O) groups excluding carboxylic acids is 2. The number of carbonyl (C=O) groups is 2. The van der Waals surface area contributed by atoms with Gasteiger partial charge < -0.3 is 15.4 Å². The first kappa shape index (κ1) is 18.3. The number of methoxy groups -OCH3 is 1. The van der Waals surface area contributed by atoms with Crippen LogP contribution in [0.1, 0.15) is 20.3 Å². The predicted molar refractivity (Wildman–Crippen MR) is 85.6 cm³/mol. The topological polar surface area (TPSA) is 67.4 Å². The van der Waals surface area contributed by atoms with Gasteiger partial charge in [-0.25, -0.2) is 9.18 Å². The van der Waals surface area contributed by atoms with Gasteiger partial charge in [0.15, 0.2) is 0 Å². The second kappa shape index (κ2) is 8.63. The summed E-state index contributed by atoms with van der Waals surface area (Å²) in [5.41, 5.74) is 0.348. The first-order valence-electron chi connectivity index (χ1n) is 6.86. The maximum absolute atomic E-state index is 13.7. The Bertz CT molecular complexity index is 538. The average Bonchev–Trinajstić information content (AvgIpc) is 2.46. The van der Waals surface area contributed by atoms with Crippen LogP contribution >= 0.6 is 11.8 Å². The summed E-state index contributed by atoms with van der Waals surface area (Å²) in [4.78, 5) is 24.1. The molecule has 0 radical (unpaired) electrons. The number of benzene rings is 1. The van der Waals surface area contributed by atoms with Crippen LogP contribution in [-0.2, 0) is 9.53 Å². The van der Waals surface area contributed by atoms with Crippen molar-refractivity contribution in [2.45, 2.75) is 31.2 Å². The van der Waals surface area contributed by atoms with Gasteiger partial charge in [-0.15, -0.1) is 11.8 Å². The third kappa shape index (κ3) is 5.55. The standard InChI is InChI=1S/C15H21FN2O3S/c1-9(2)7-12(18-15(20)21-3)14(19)17-10-5-6-13(22-4)11(16)8-10/h5-6,8-9,12H,7H2,1-4H3,(H,17,19)(H,18,20). The maximum Gasteiger partial charge on any atom is 0.407 e. The number of alkyl carbamates (subject to hydrolysis) is 1. The fourth-order valence-electron chi connectivity index (χ4n) is 1.88. The molecule has 0 heterocycles. The summed E-state index contributed by atoms with van der Waals surface area (Å²) in [6, 6.07) is 3.74. The summed E-state index contributed by atoms with van der Waals surface area (Å²) in [5, 5.41) is 5.09. The van der Waals surface area contributed by atoms with Crippen molar-refractivity contribution < 1.29 is 18.7 Å². The van der Waals surface area contributed by atoms with Crippen molar-refractivity contribution in [3.63, 3.8) is 0 Å². The monoisotopic (exact) mass is 328 g/mol. The lowest BCUT2D eigenvalue weighted by Gasteiger charge is -2.19. The van der Waals surface area contributed by atoms with Crippen molar-refractivity contribution in [2.24, 2.45) is 5.92 Å². The van der Waals surface area contributed by atoms with Crippen molar-refractivity contribution in [1.82, 2.24) is 5.32 Å². The molecule has 1 aromatic rings. The van der Waals surface area contributed by atoms with Gasteiger partial charge in [-0.3, -0.25) is 4.79 Å². The van der Waals surface area contributed by atoms with Crippen molar-refractivity contribution in [1.29, 1.82) is 0 Å². The number of ether oxygens (including phenoxy) is 1. The molecule has 1 rings (SSSR count). The van der Waals surface area contributed by atoms with Crippen LogP contribution in [0.4, 0.5) is 14.9 Å². The van der Waals surface area contributed by atoms with Gasteiger partial charge in [0.1, 0.15) is 11.9 Å². The molecule has 1 atom stereocenters. The molecule has 0 aromatic heterocycles. The molecule has 1 aromatic carbocycles. The van der Waals surface area contributed by atoms with Gasteiger partial charge in [0.05, 0.1) is 7.11 Å². The fourth-order valence-corrected chi connectivity index (χ4v) is 2.34. The first-order chi connectivity index (χ1) is 10.4. The highest BCUT2D eigenvalue weighted by atomic mass is 32.2. The van der Waals surface area contributed by atoms with E-state index in [4.69, 9.17) is 0 Å². The lowest BCUT2D eigenvalue weighted by molar-refractivity contribution is -0.118. The number of hydrogen-bond acceptors (Lipinski definition) is 4. The van der Waals surface area contributed by atoms with E-state index in [1.165, 1.54) is 24.9 Å². The Hall–Kier alpha value is -1.76. The minimum absolute atomic E-state index is 0.198. The minimum Gasteiger partial charge on any atom is -0.453 e. The highest BCUT2D eigenvalue weighted by Crippen LogP contribution is 2.22. The highest BCUT2D eigenvalue weighted by molar-refractivity contribution is 7.98. The summed E-state index contributed by atoms with van der Waals surface area (Å²) >= 11 is 1.29. The van der Waals surface area contributed by atoms with Crippen LogP contribution in [0.15, 0.2) is 23.1 Å². The van der Waals surface area contributed by atoms with Crippen molar-refractivity contribution in [3.05, 3.63) is 24.0 Å². The summed E-state index contributed by atoms with van der Waals surface area (Å²) < 4.78 is 18.2. The molecule has 0 fully saturated rings. The number of halogens is 1. The van der Waals surface area contributed by atoms with Gasteiger partial charge in [-0.05, 0) is 36.8 Å². The minimum atomic E-state index is -0.740. The summed E-state index contributed by atoms with van der Waals surface area (Å²) in [6.07, 6.45) is 1.55. The van der Waals surface area contributed by atoms with Crippen LogP contribution in [0.2, 0.25) is 0 Å². The molecule has 0 saturated heterocycles. The largest absolute Gasteiger partial charge is 0.453 e. The van der Waals surface area contributed by atoms with Crippen LogP contribution in [0.5, 0.6) is 0 Å². The summed E-state index contributed by atoms with van der Waals surface area (Å²) in [6.45, 7) is 3.87. The van der Waals surface area contributed by atoms with Crippen LogP contribution in [0, 0.1) is 11.7 Å². The molecule has 0 saturated carbocycles. The molecule has 2 amide bonds. The van der Waals surface area contributed by atoms with Crippen LogP contribution in [-0.4, -0.2) is 31.4 Å². The van der Waals surface area contributed by atoms with Gasteiger partial charge in [-0.2, -0.15) is 0 Å². The van der Waals surface area contributed by atoms with E-state index in [9.17, 15) is 14.0 Å². The predicted octanol–water partition coefficient (Wildman–Crippen LogP) is 3.26.